The summed E-state index contributed by atoms with van der Waals surface area (Å²) in [4.78, 5) is 11.9. The van der Waals surface area contributed by atoms with Gasteiger partial charge >= 0.3 is 12.1 Å². The number of nitrogens with two attached hydrogens (primary N) is 1. The molecule has 2 aromatic carbocycles. The molecule has 9 heteroatoms. The van der Waals surface area contributed by atoms with Gasteiger partial charge in [0.15, 0.2) is 0 Å². The normalized spacial score (nSPS) is 14.0. The van der Waals surface area contributed by atoms with Crippen molar-refractivity contribution in [3.8, 4) is 11.1 Å². The molecular weight excluding hydrogens is 409 g/mol. The molecule has 1 unspecified atom stereocenters. The fourth-order valence-electron chi connectivity index (χ4n) is 3.26. The number of aryl methyl sites for hydroxylation is 1. The Morgan fingerprint density at radius 1 is 1.14 bits per heavy atom. The zero-order valence-electron chi connectivity index (χ0n) is 16.5. The van der Waals surface area contributed by atoms with Crippen molar-refractivity contribution in [2.24, 2.45) is 5.73 Å². The predicted molar refractivity (Wildman–Crippen MR) is 103 cm³/mol. The zero-order valence-corrected chi connectivity index (χ0v) is 18.5. The van der Waals surface area contributed by atoms with Gasteiger partial charge in [0, 0.05) is 21.0 Å². The van der Waals surface area contributed by atoms with Crippen LogP contribution in [-0.4, -0.2) is 22.8 Å². The third-order valence-corrected chi connectivity index (χ3v) is 5.60. The summed E-state index contributed by atoms with van der Waals surface area (Å²) in [5.41, 5.74) is 5.03. The van der Waals surface area contributed by atoms with E-state index in [1.807, 2.05) is 0 Å². The molecule has 2 N–H and O–H groups in total. The van der Waals surface area contributed by atoms with Crippen LogP contribution in [-0.2, 0) is 20.9 Å². The Kier molecular flexibility index (Phi) is 6.54. The number of benzene rings is 2. The molecule has 0 aliphatic carbocycles. The van der Waals surface area contributed by atoms with E-state index in [1.165, 1.54) is 25.1 Å². The van der Waals surface area contributed by atoms with Crippen LogP contribution in [0.15, 0.2) is 24.3 Å². The van der Waals surface area contributed by atoms with Gasteiger partial charge in [-0.15, -0.1) is 0 Å². The second kappa shape index (κ2) is 8.23. The van der Waals surface area contributed by atoms with Crippen LogP contribution in [0.2, 0.25) is 0 Å². The molecule has 0 aromatic heterocycles. The van der Waals surface area contributed by atoms with Gasteiger partial charge in [-0.25, -0.2) is 8.78 Å². The number of carbonyl (C=O) groups excluding carboxylic acids is 1. The predicted octanol–water partition coefficient (Wildman–Crippen LogP) is 3.70. The van der Waals surface area contributed by atoms with Gasteiger partial charge in [0.25, 0.3) is 0 Å². The number of halogens is 5. The number of hydrogen-bond donors (Lipinski definition) is 1. The van der Waals surface area contributed by atoms with Crippen molar-refractivity contribution in [2.75, 3.05) is 6.61 Å². The maximum atomic E-state index is 14.9. The lowest BCUT2D eigenvalue weighted by atomic mass is 9.90. The summed E-state index contributed by atoms with van der Waals surface area (Å²) in [6.45, 7) is 4.69. The summed E-state index contributed by atoms with van der Waals surface area (Å²) in [5.74, 6) is -2.86. The van der Waals surface area contributed by atoms with Gasteiger partial charge in [0.05, 0.1) is 18.6 Å². The van der Waals surface area contributed by atoms with Gasteiger partial charge in [-0.05, 0) is 61.2 Å². The number of hydrogen-bond acceptors (Lipinski definition) is 3. The Morgan fingerprint density at radius 3 is 2.28 bits per heavy atom. The Balaban J connectivity index is 2.78. The van der Waals surface area contributed by atoms with E-state index in [2.05, 4.69) is 0 Å². The molecule has 0 fully saturated rings. The monoisotopic (exact) mass is 431 g/mol. The maximum absolute atomic E-state index is 14.9. The van der Waals surface area contributed by atoms with Crippen molar-refractivity contribution < 1.29 is 31.5 Å². The van der Waals surface area contributed by atoms with E-state index >= 15 is 0 Å². The highest BCUT2D eigenvalue weighted by Crippen LogP contribution is 2.40. The number of rotatable bonds is 5. The first-order valence-corrected chi connectivity index (χ1v) is 9.91. The highest BCUT2D eigenvalue weighted by Gasteiger charge is 2.39. The minimum absolute atomic E-state index is 0.0160. The topological polar surface area (TPSA) is 52.3 Å². The largest absolute Gasteiger partial charge is 0.466 e. The lowest BCUT2D eigenvalue weighted by Crippen LogP contribution is -2.41. The first-order chi connectivity index (χ1) is 13.3. The molecule has 3 nitrogen and oxygen atoms in total. The highest BCUT2D eigenvalue weighted by molar-refractivity contribution is 6.17. The molecule has 0 bridgehead atoms. The lowest BCUT2D eigenvalue weighted by molar-refractivity contribution is -0.143. The number of carbonyl (C=O) groups is 1. The van der Waals surface area contributed by atoms with Crippen LogP contribution in [0.4, 0.5) is 22.0 Å². The highest BCUT2D eigenvalue weighted by atomic mass is 28.1. The second-order valence-electron chi connectivity index (χ2n) is 7.15. The minimum atomic E-state index is -4.99. The fraction of sp³-hybridized carbons (Fsp3) is 0.350. The second-order valence-corrected chi connectivity index (χ2v) is 8.93. The lowest BCUT2D eigenvalue weighted by Gasteiger charge is -2.27. The van der Waals surface area contributed by atoms with Crippen LogP contribution in [0.25, 0.3) is 11.1 Å². The standard InChI is InChI=1S/C20H22F5NO2Si/c1-4-28-16(27)9-19(26,29)13-7-12(8-14(18(13)22)20(23,24)25)17-10(2)5-6-15(21)11(17)3/h5-8H,4,9,26H2,1-3,29H3. The summed E-state index contributed by atoms with van der Waals surface area (Å²) in [5, 5.41) is -1.64. The van der Waals surface area contributed by atoms with E-state index in [4.69, 9.17) is 10.5 Å². The molecule has 0 radical (unpaired) electrons. The summed E-state index contributed by atoms with van der Waals surface area (Å²) < 4.78 is 74.4. The first-order valence-electron chi connectivity index (χ1n) is 8.91. The number of alkyl halides is 3. The van der Waals surface area contributed by atoms with E-state index < -0.39 is 46.5 Å². The van der Waals surface area contributed by atoms with E-state index in [1.54, 1.807) is 13.8 Å². The van der Waals surface area contributed by atoms with Gasteiger partial charge < -0.3 is 10.5 Å². The molecule has 158 valence electrons. The van der Waals surface area contributed by atoms with Gasteiger partial charge in [0.1, 0.15) is 11.6 Å². The average molecular weight is 431 g/mol. The molecule has 0 heterocycles. The van der Waals surface area contributed by atoms with Crippen LogP contribution < -0.4 is 5.73 Å². The zero-order chi connectivity index (χ0) is 22.1. The molecule has 1 atom stereocenters. The van der Waals surface area contributed by atoms with Gasteiger partial charge in [-0.1, -0.05) is 6.07 Å². The summed E-state index contributed by atoms with van der Waals surface area (Å²) in [6.07, 6.45) is -5.46. The van der Waals surface area contributed by atoms with Gasteiger partial charge in [0.2, 0.25) is 0 Å². The van der Waals surface area contributed by atoms with Gasteiger partial charge in [-0.3, -0.25) is 4.79 Å². The van der Waals surface area contributed by atoms with E-state index in [0.717, 1.165) is 0 Å². The molecule has 2 aromatic rings. The van der Waals surface area contributed by atoms with Crippen molar-refractivity contribution in [3.05, 3.63) is 58.2 Å². The SMILES string of the molecule is CCOC(=O)CC(N)([SiH3])c1cc(-c2c(C)ccc(F)c2C)cc(C(F)(F)F)c1F. The summed E-state index contributed by atoms with van der Waals surface area (Å²) in [7, 11) is -0.0255. The fourth-order valence-corrected chi connectivity index (χ4v) is 3.92. The molecule has 0 saturated carbocycles. The maximum Gasteiger partial charge on any atom is 0.419 e. The third kappa shape index (κ3) is 4.84. The van der Waals surface area contributed by atoms with Crippen LogP contribution in [0.1, 0.15) is 35.6 Å². The van der Waals surface area contributed by atoms with Gasteiger partial charge in [-0.2, -0.15) is 13.2 Å². The molecule has 2 rings (SSSR count). The molecular formula is C20H22F5NO2Si. The van der Waals surface area contributed by atoms with Crippen molar-refractivity contribution in [3.63, 3.8) is 0 Å². The van der Waals surface area contributed by atoms with Crippen molar-refractivity contribution in [1.29, 1.82) is 0 Å². The molecule has 0 spiro atoms. The summed E-state index contributed by atoms with van der Waals surface area (Å²) >= 11 is 0. The average Bonchev–Trinajstić information content (AvgIpc) is 2.58. The van der Waals surface area contributed by atoms with E-state index in [9.17, 15) is 26.7 Å². The van der Waals surface area contributed by atoms with Crippen molar-refractivity contribution >= 4 is 16.2 Å². The number of esters is 1. The molecule has 0 amide bonds. The van der Waals surface area contributed by atoms with E-state index in [-0.39, 0.29) is 33.5 Å². The quantitative estimate of drug-likeness (QED) is 0.446. The molecule has 0 aliphatic heterocycles. The Morgan fingerprint density at radius 2 is 1.72 bits per heavy atom. The molecule has 29 heavy (non-hydrogen) atoms. The van der Waals surface area contributed by atoms with Crippen LogP contribution in [0, 0.1) is 25.5 Å². The van der Waals surface area contributed by atoms with Crippen molar-refractivity contribution in [2.45, 2.75) is 38.5 Å². The van der Waals surface area contributed by atoms with Crippen LogP contribution in [0.3, 0.4) is 0 Å². The summed E-state index contributed by atoms with van der Waals surface area (Å²) in [6, 6.07) is 4.47. The number of ether oxygens (including phenoxy) is 1. The minimum Gasteiger partial charge on any atom is -0.466 e. The van der Waals surface area contributed by atoms with Crippen molar-refractivity contribution in [1.82, 2.24) is 0 Å². The van der Waals surface area contributed by atoms with E-state index in [0.29, 0.717) is 11.6 Å². The third-order valence-electron chi connectivity index (χ3n) is 4.71. The Bertz CT molecular complexity index is 941. The van der Waals surface area contributed by atoms with Crippen LogP contribution in [0.5, 0.6) is 0 Å². The molecule has 0 saturated heterocycles. The smallest absolute Gasteiger partial charge is 0.419 e. The first kappa shape index (κ1) is 23.0. The Labute approximate surface area is 168 Å². The Hall–Kier alpha value is -2.26. The molecule has 0 aliphatic rings. The van der Waals surface area contributed by atoms with Crippen LogP contribution >= 0.6 is 0 Å².